The van der Waals surface area contributed by atoms with Crippen LogP contribution in [0, 0.1) is 12.3 Å². The smallest absolute Gasteiger partial charge is 0.323 e. The number of hydrogen-bond acceptors (Lipinski definition) is 4. The highest BCUT2D eigenvalue weighted by atomic mass is 16.5. The van der Waals surface area contributed by atoms with E-state index < -0.39 is 0 Å². The molecule has 1 amide bonds. The van der Waals surface area contributed by atoms with Gasteiger partial charge in [-0.1, -0.05) is 12.3 Å². The van der Waals surface area contributed by atoms with Gasteiger partial charge in [0.2, 0.25) is 5.91 Å². The minimum atomic E-state index is -0.296. The van der Waals surface area contributed by atoms with Gasteiger partial charge in [-0.05, 0) is 26.3 Å². The van der Waals surface area contributed by atoms with Crippen LogP contribution in [-0.4, -0.2) is 49.1 Å². The van der Waals surface area contributed by atoms with Gasteiger partial charge in [0.25, 0.3) is 0 Å². The van der Waals surface area contributed by atoms with Crippen LogP contribution in [0.25, 0.3) is 0 Å². The summed E-state index contributed by atoms with van der Waals surface area (Å²) in [4.78, 5) is 25.2. The molecule has 1 rings (SSSR count). The number of hydrogen-bond donors (Lipinski definition) is 1. The molecule has 1 aliphatic rings. The highest BCUT2D eigenvalue weighted by Crippen LogP contribution is 2.17. The summed E-state index contributed by atoms with van der Waals surface area (Å²) < 4.78 is 5.03. The molecule has 0 saturated carbocycles. The van der Waals surface area contributed by atoms with Crippen LogP contribution in [-0.2, 0) is 14.3 Å². The number of nitrogens with zero attached hydrogens (tertiary/aromatic N) is 1. The number of rotatable bonds is 5. The van der Waals surface area contributed by atoms with Crippen LogP contribution in [0.3, 0.4) is 0 Å². The van der Waals surface area contributed by atoms with Gasteiger partial charge in [0.1, 0.15) is 6.04 Å². The molecule has 0 aromatic heterocycles. The lowest BCUT2D eigenvalue weighted by atomic mass is 10.0. The number of carbonyl (C=O) groups excluding carboxylic acids is 2. The molecule has 0 aromatic carbocycles. The topological polar surface area (TPSA) is 58.6 Å². The number of likely N-dealkylation sites (tertiary alicyclic amines) is 1. The number of amides is 1. The Labute approximate surface area is 108 Å². The van der Waals surface area contributed by atoms with Gasteiger partial charge in [-0.3, -0.25) is 14.5 Å². The highest BCUT2D eigenvalue weighted by Gasteiger charge is 2.30. The summed E-state index contributed by atoms with van der Waals surface area (Å²) in [5, 5.41) is 2.60. The van der Waals surface area contributed by atoms with E-state index in [9.17, 15) is 9.59 Å². The molecule has 5 heteroatoms. The van der Waals surface area contributed by atoms with Crippen LogP contribution >= 0.6 is 0 Å². The minimum Gasteiger partial charge on any atom is -0.465 e. The molecule has 0 aliphatic carbocycles. The lowest BCUT2D eigenvalue weighted by molar-refractivity contribution is -0.151. The van der Waals surface area contributed by atoms with E-state index in [0.29, 0.717) is 6.61 Å². The van der Waals surface area contributed by atoms with E-state index in [0.717, 1.165) is 25.8 Å². The lowest BCUT2D eigenvalue weighted by Crippen LogP contribution is -2.49. The Balaban J connectivity index is 2.51. The summed E-state index contributed by atoms with van der Waals surface area (Å²) in [5.41, 5.74) is 0. The standard InChI is InChI=1S/C13H20N2O3/c1-3-8-14-12(16)10-15-9-6-5-7-11(15)13(17)18-4-2/h1,11H,4-10H2,2H3,(H,14,16). The van der Waals surface area contributed by atoms with Crippen LogP contribution in [0.4, 0.5) is 0 Å². The molecule has 1 atom stereocenters. The molecule has 1 unspecified atom stereocenters. The van der Waals surface area contributed by atoms with E-state index in [1.54, 1.807) is 6.92 Å². The van der Waals surface area contributed by atoms with Gasteiger partial charge in [0, 0.05) is 0 Å². The number of terminal acetylenes is 1. The monoisotopic (exact) mass is 252 g/mol. The summed E-state index contributed by atoms with van der Waals surface area (Å²) in [6.45, 7) is 3.31. The van der Waals surface area contributed by atoms with Crippen molar-refractivity contribution < 1.29 is 14.3 Å². The van der Waals surface area contributed by atoms with Crippen molar-refractivity contribution >= 4 is 11.9 Å². The molecule has 0 radical (unpaired) electrons. The third-order valence-electron chi connectivity index (χ3n) is 2.91. The Bertz CT molecular complexity index is 336. The van der Waals surface area contributed by atoms with Crippen LogP contribution < -0.4 is 5.32 Å². The average Bonchev–Trinajstić information content (AvgIpc) is 2.37. The summed E-state index contributed by atoms with van der Waals surface area (Å²) in [6.07, 6.45) is 7.81. The van der Waals surface area contributed by atoms with Crippen molar-refractivity contribution in [1.82, 2.24) is 10.2 Å². The third kappa shape index (κ3) is 4.38. The van der Waals surface area contributed by atoms with Gasteiger partial charge < -0.3 is 10.1 Å². The predicted molar refractivity (Wildman–Crippen MR) is 67.7 cm³/mol. The van der Waals surface area contributed by atoms with Crippen molar-refractivity contribution in [2.45, 2.75) is 32.2 Å². The van der Waals surface area contributed by atoms with Gasteiger partial charge in [0.15, 0.2) is 0 Å². The molecular weight excluding hydrogens is 232 g/mol. The van der Waals surface area contributed by atoms with Crippen LogP contribution in [0.1, 0.15) is 26.2 Å². The quantitative estimate of drug-likeness (QED) is 0.559. The number of esters is 1. The molecule has 0 spiro atoms. The Hall–Kier alpha value is -1.54. The molecule has 1 heterocycles. The lowest BCUT2D eigenvalue weighted by Gasteiger charge is -2.33. The molecule has 18 heavy (non-hydrogen) atoms. The first-order valence-corrected chi connectivity index (χ1v) is 6.30. The zero-order valence-corrected chi connectivity index (χ0v) is 10.8. The highest BCUT2D eigenvalue weighted by molar-refractivity contribution is 5.80. The SMILES string of the molecule is C#CCNC(=O)CN1CCCCC1C(=O)OCC. The van der Waals surface area contributed by atoms with E-state index >= 15 is 0 Å². The fraction of sp³-hybridized carbons (Fsp3) is 0.692. The van der Waals surface area contributed by atoms with Crippen molar-refractivity contribution in [3.63, 3.8) is 0 Å². The maximum Gasteiger partial charge on any atom is 0.323 e. The van der Waals surface area contributed by atoms with Crippen molar-refractivity contribution in [3.05, 3.63) is 0 Å². The minimum absolute atomic E-state index is 0.149. The second-order valence-electron chi connectivity index (χ2n) is 4.21. The van der Waals surface area contributed by atoms with Gasteiger partial charge >= 0.3 is 5.97 Å². The van der Waals surface area contributed by atoms with E-state index in [4.69, 9.17) is 11.2 Å². The second-order valence-corrected chi connectivity index (χ2v) is 4.21. The first-order chi connectivity index (χ1) is 8.69. The zero-order valence-electron chi connectivity index (χ0n) is 10.8. The van der Waals surface area contributed by atoms with Crippen molar-refractivity contribution in [2.24, 2.45) is 0 Å². The molecule has 1 aliphatic heterocycles. The fourth-order valence-electron chi connectivity index (χ4n) is 2.08. The van der Waals surface area contributed by atoms with E-state index in [-0.39, 0.29) is 31.0 Å². The van der Waals surface area contributed by atoms with Crippen molar-refractivity contribution in [2.75, 3.05) is 26.2 Å². The van der Waals surface area contributed by atoms with Crippen molar-refractivity contribution in [1.29, 1.82) is 0 Å². The molecule has 5 nitrogen and oxygen atoms in total. The number of carbonyl (C=O) groups is 2. The first kappa shape index (κ1) is 14.5. The molecule has 100 valence electrons. The van der Waals surface area contributed by atoms with Gasteiger partial charge in [-0.15, -0.1) is 6.42 Å². The molecule has 1 saturated heterocycles. The maximum absolute atomic E-state index is 11.8. The molecule has 1 fully saturated rings. The summed E-state index contributed by atoms with van der Waals surface area (Å²) in [6, 6.07) is -0.296. The Kier molecular flexibility index (Phi) is 6.23. The van der Waals surface area contributed by atoms with E-state index in [1.165, 1.54) is 0 Å². The average molecular weight is 252 g/mol. The second kappa shape index (κ2) is 7.72. The summed E-state index contributed by atoms with van der Waals surface area (Å²) in [5.74, 6) is 1.96. The number of nitrogens with one attached hydrogen (secondary N) is 1. The summed E-state index contributed by atoms with van der Waals surface area (Å²) >= 11 is 0. The zero-order chi connectivity index (χ0) is 13.4. The molecular formula is C13H20N2O3. The third-order valence-corrected chi connectivity index (χ3v) is 2.91. The largest absolute Gasteiger partial charge is 0.465 e. The van der Waals surface area contributed by atoms with Crippen LogP contribution in [0.5, 0.6) is 0 Å². The number of ether oxygens (including phenoxy) is 1. The van der Waals surface area contributed by atoms with E-state index in [2.05, 4.69) is 11.2 Å². The van der Waals surface area contributed by atoms with Gasteiger partial charge in [-0.25, -0.2) is 0 Å². The molecule has 0 bridgehead atoms. The molecule has 0 aromatic rings. The van der Waals surface area contributed by atoms with Crippen LogP contribution in [0.15, 0.2) is 0 Å². The van der Waals surface area contributed by atoms with E-state index in [1.807, 2.05) is 4.90 Å². The molecule has 1 N–H and O–H groups in total. The van der Waals surface area contributed by atoms with Crippen LogP contribution in [0.2, 0.25) is 0 Å². The maximum atomic E-state index is 11.8. The Morgan fingerprint density at radius 1 is 1.50 bits per heavy atom. The summed E-state index contributed by atoms with van der Waals surface area (Å²) in [7, 11) is 0. The van der Waals surface area contributed by atoms with Gasteiger partial charge in [0.05, 0.1) is 19.7 Å². The normalized spacial score (nSPS) is 19.9. The predicted octanol–water partition coefficient (Wildman–Crippen LogP) is 0.153. The first-order valence-electron chi connectivity index (χ1n) is 6.30. The number of piperidine rings is 1. The van der Waals surface area contributed by atoms with Crippen molar-refractivity contribution in [3.8, 4) is 12.3 Å². The Morgan fingerprint density at radius 3 is 2.94 bits per heavy atom. The fourth-order valence-corrected chi connectivity index (χ4v) is 2.08. The Morgan fingerprint density at radius 2 is 2.28 bits per heavy atom. The van der Waals surface area contributed by atoms with Gasteiger partial charge in [-0.2, -0.15) is 0 Å².